The maximum atomic E-state index is 14.5. The minimum atomic E-state index is -1.19. The van der Waals surface area contributed by atoms with Gasteiger partial charge in [-0.25, -0.2) is 4.68 Å². The zero-order valence-electron chi connectivity index (χ0n) is 24.2. The van der Waals surface area contributed by atoms with E-state index in [4.69, 9.17) is 4.74 Å². The Morgan fingerprint density at radius 3 is 2.55 bits per heavy atom. The molecule has 2 aromatic carbocycles. The largest absolute Gasteiger partial charge is 0.394 e. The van der Waals surface area contributed by atoms with Gasteiger partial charge in [-0.1, -0.05) is 62.7 Å². The number of anilines is 1. The maximum Gasteiger partial charge on any atom is 0.247 e. The second-order valence-corrected chi connectivity index (χ2v) is 11.8. The van der Waals surface area contributed by atoms with Crippen molar-refractivity contribution in [2.75, 3.05) is 11.9 Å². The van der Waals surface area contributed by atoms with Crippen molar-refractivity contribution in [1.82, 2.24) is 25.2 Å². The number of ether oxygens (including phenoxy) is 1. The van der Waals surface area contributed by atoms with E-state index in [1.54, 1.807) is 16.8 Å². The summed E-state index contributed by atoms with van der Waals surface area (Å²) in [6, 6.07) is 15.0. The smallest absolute Gasteiger partial charge is 0.247 e. The molecular weight excluding hydrogens is 536 g/mol. The number of nitrogens with zero attached hydrogens (tertiary/aromatic N) is 4. The number of carbonyl (C=O) groups excluding carboxylic acids is 3. The monoisotopic (exact) mass is 574 g/mol. The normalized spacial score (nSPS) is 29.5. The number of para-hydroxylation sites is 2. The summed E-state index contributed by atoms with van der Waals surface area (Å²) in [5.74, 6) is -2.72. The number of rotatable bonds is 10. The van der Waals surface area contributed by atoms with Gasteiger partial charge in [-0.15, -0.1) is 5.10 Å². The van der Waals surface area contributed by atoms with Gasteiger partial charge in [-0.05, 0) is 49.4 Å². The molecule has 3 N–H and O–H groups in total. The number of amides is 3. The van der Waals surface area contributed by atoms with Gasteiger partial charge >= 0.3 is 0 Å². The van der Waals surface area contributed by atoms with Gasteiger partial charge in [0.05, 0.1) is 35.6 Å². The van der Waals surface area contributed by atoms with Crippen LogP contribution < -0.4 is 10.6 Å². The molecule has 1 aromatic heterocycles. The third-order valence-electron chi connectivity index (χ3n) is 9.86. The molecule has 7 atom stereocenters. The first-order valence-electron chi connectivity index (χ1n) is 14.8. The van der Waals surface area contributed by atoms with Crippen LogP contribution in [0.4, 0.5) is 5.69 Å². The molecule has 2 unspecified atom stereocenters. The Kier molecular flexibility index (Phi) is 7.26. The topological polar surface area (TPSA) is 139 Å². The lowest BCUT2D eigenvalue weighted by molar-refractivity contribution is -0.151. The summed E-state index contributed by atoms with van der Waals surface area (Å²) in [5.41, 5.74) is 0.0462. The molecule has 3 amide bonds. The summed E-state index contributed by atoms with van der Waals surface area (Å²) in [7, 11) is 0. The number of aliphatic hydroxyl groups is 1. The Bertz CT molecular complexity index is 1500. The van der Waals surface area contributed by atoms with Crippen LogP contribution in [0.1, 0.15) is 46.5 Å². The predicted octanol–water partition coefficient (Wildman–Crippen LogP) is 2.71. The molecule has 3 aliphatic rings. The molecule has 11 heteroatoms. The highest BCUT2D eigenvalue weighted by molar-refractivity contribution is 6.02. The number of fused-ring (bicyclic) bond motifs is 2. The van der Waals surface area contributed by atoms with Crippen LogP contribution in [0.3, 0.4) is 0 Å². The molecular formula is C31H38N6O5. The van der Waals surface area contributed by atoms with Crippen LogP contribution in [0, 0.1) is 17.8 Å². The van der Waals surface area contributed by atoms with Crippen molar-refractivity contribution in [2.24, 2.45) is 17.8 Å². The fourth-order valence-electron chi connectivity index (χ4n) is 7.55. The fourth-order valence-corrected chi connectivity index (χ4v) is 7.55. The van der Waals surface area contributed by atoms with Crippen LogP contribution in [0.2, 0.25) is 0 Å². The van der Waals surface area contributed by atoms with Crippen molar-refractivity contribution in [3.8, 4) is 0 Å². The lowest BCUT2D eigenvalue weighted by Crippen LogP contribution is -2.59. The van der Waals surface area contributed by atoms with Crippen molar-refractivity contribution in [3.63, 3.8) is 0 Å². The van der Waals surface area contributed by atoms with Crippen LogP contribution in [0.5, 0.6) is 0 Å². The van der Waals surface area contributed by atoms with Crippen LogP contribution in [0.15, 0.2) is 54.6 Å². The summed E-state index contributed by atoms with van der Waals surface area (Å²) < 4.78 is 8.44. The molecule has 2 bridgehead atoms. The third kappa shape index (κ3) is 4.20. The first-order valence-corrected chi connectivity index (χ1v) is 14.8. The Morgan fingerprint density at radius 2 is 1.83 bits per heavy atom. The molecule has 3 saturated heterocycles. The molecule has 1 spiro atoms. The molecule has 3 fully saturated rings. The summed E-state index contributed by atoms with van der Waals surface area (Å²) in [6.45, 7) is 5.65. The van der Waals surface area contributed by atoms with E-state index in [0.717, 1.165) is 5.52 Å². The SMILES string of the molecule is CC[C@H](C)[C@H](CO)N1C(=O)[C@@H]2[C@H](C(=O)Nc3ccccc3)[C@]3(CC)CCC2(O3)C1C(=O)NCn1nnc2ccccc21. The minimum Gasteiger partial charge on any atom is -0.394 e. The van der Waals surface area contributed by atoms with E-state index in [2.05, 4.69) is 20.9 Å². The van der Waals surface area contributed by atoms with E-state index < -0.39 is 41.0 Å². The molecule has 0 aliphatic carbocycles. The number of nitrogens with one attached hydrogen (secondary N) is 2. The zero-order valence-corrected chi connectivity index (χ0v) is 24.2. The van der Waals surface area contributed by atoms with Gasteiger partial charge < -0.3 is 25.4 Å². The van der Waals surface area contributed by atoms with Gasteiger partial charge in [0.1, 0.15) is 23.8 Å². The molecule has 11 nitrogen and oxygen atoms in total. The lowest BCUT2D eigenvalue weighted by atomic mass is 9.65. The summed E-state index contributed by atoms with van der Waals surface area (Å²) in [6.07, 6.45) is 2.24. The Hall–Kier alpha value is -3.83. The minimum absolute atomic E-state index is 0.0442. The van der Waals surface area contributed by atoms with E-state index >= 15 is 0 Å². The average molecular weight is 575 g/mol. The number of likely N-dealkylation sites (tertiary alicyclic amines) is 1. The fraction of sp³-hybridized carbons (Fsp3) is 0.516. The molecule has 42 heavy (non-hydrogen) atoms. The van der Waals surface area contributed by atoms with Gasteiger partial charge in [0.15, 0.2) is 0 Å². The van der Waals surface area contributed by atoms with Gasteiger partial charge in [-0.2, -0.15) is 0 Å². The number of aliphatic hydroxyl groups excluding tert-OH is 1. The van der Waals surface area contributed by atoms with E-state index in [1.165, 1.54) is 4.90 Å². The number of benzene rings is 2. The summed E-state index contributed by atoms with van der Waals surface area (Å²) in [5, 5.41) is 24.8. The van der Waals surface area contributed by atoms with Crippen molar-refractivity contribution in [3.05, 3.63) is 54.6 Å². The molecule has 222 valence electrons. The zero-order chi connectivity index (χ0) is 29.6. The summed E-state index contributed by atoms with van der Waals surface area (Å²) in [4.78, 5) is 44.2. The van der Waals surface area contributed by atoms with Gasteiger partial charge in [0, 0.05) is 5.69 Å². The lowest BCUT2D eigenvalue weighted by Gasteiger charge is -2.39. The second kappa shape index (κ2) is 10.8. The number of carbonyl (C=O) groups is 3. The number of hydrogen-bond donors (Lipinski definition) is 3. The molecule has 0 saturated carbocycles. The highest BCUT2D eigenvalue weighted by atomic mass is 16.5. The molecule has 3 aromatic rings. The highest BCUT2D eigenvalue weighted by Crippen LogP contribution is 2.64. The van der Waals surface area contributed by atoms with E-state index in [-0.39, 0.29) is 31.0 Å². The number of aromatic nitrogens is 3. The van der Waals surface area contributed by atoms with Crippen LogP contribution >= 0.6 is 0 Å². The molecule has 4 heterocycles. The Morgan fingerprint density at radius 1 is 1.10 bits per heavy atom. The van der Waals surface area contributed by atoms with Crippen molar-refractivity contribution < 1.29 is 24.2 Å². The molecule has 6 rings (SSSR count). The van der Waals surface area contributed by atoms with E-state index in [0.29, 0.717) is 36.9 Å². The van der Waals surface area contributed by atoms with Crippen molar-refractivity contribution >= 4 is 34.4 Å². The standard InChI is InChI=1S/C31H38N6O5/c1-4-19(3)23(17-38)37-26(28(40)32-18-36-22-14-10-9-13-21(22)34-35-36)31-16-15-30(5-2,42-31)24(25(31)29(37)41)27(39)33-20-11-7-6-8-12-20/h6-14,19,23-26,38H,4-5,15-18H2,1-3H3,(H,32,40)(H,33,39)/t19-,23-,24+,25-,26?,30-,31?/m0/s1. The number of hydrogen-bond acceptors (Lipinski definition) is 7. The Labute approximate surface area is 244 Å². The predicted molar refractivity (Wildman–Crippen MR) is 155 cm³/mol. The van der Waals surface area contributed by atoms with Gasteiger partial charge in [-0.3, -0.25) is 14.4 Å². The first-order chi connectivity index (χ1) is 20.3. The van der Waals surface area contributed by atoms with Crippen LogP contribution in [0.25, 0.3) is 11.0 Å². The van der Waals surface area contributed by atoms with Gasteiger partial charge in [0.25, 0.3) is 0 Å². The second-order valence-electron chi connectivity index (χ2n) is 11.8. The van der Waals surface area contributed by atoms with Crippen LogP contribution in [-0.4, -0.2) is 72.6 Å². The van der Waals surface area contributed by atoms with E-state index in [9.17, 15) is 19.5 Å². The highest BCUT2D eigenvalue weighted by Gasteiger charge is 2.79. The molecule has 3 aliphatic heterocycles. The summed E-state index contributed by atoms with van der Waals surface area (Å²) >= 11 is 0. The van der Waals surface area contributed by atoms with Crippen molar-refractivity contribution in [2.45, 2.75) is 76.4 Å². The van der Waals surface area contributed by atoms with E-state index in [1.807, 2.05) is 63.2 Å². The van der Waals surface area contributed by atoms with Crippen LogP contribution in [-0.2, 0) is 25.8 Å². The van der Waals surface area contributed by atoms with Crippen molar-refractivity contribution in [1.29, 1.82) is 0 Å². The average Bonchev–Trinajstić information content (AvgIpc) is 3.74. The quantitative estimate of drug-likeness (QED) is 0.338. The van der Waals surface area contributed by atoms with Gasteiger partial charge in [0.2, 0.25) is 17.7 Å². The molecule has 0 radical (unpaired) electrons. The third-order valence-corrected chi connectivity index (χ3v) is 9.86. The first kappa shape index (κ1) is 28.3. The maximum absolute atomic E-state index is 14.5. The Balaban J connectivity index is 1.37.